The van der Waals surface area contributed by atoms with Crippen LogP contribution in [0.5, 0.6) is 0 Å². The Bertz CT molecular complexity index is 478. The van der Waals surface area contributed by atoms with E-state index in [0.717, 1.165) is 36.5 Å². The topological polar surface area (TPSA) is 40.5 Å². The average molecular weight is 279 g/mol. The van der Waals surface area contributed by atoms with Gasteiger partial charge in [-0.3, -0.25) is 4.79 Å². The van der Waals surface area contributed by atoms with Crippen LogP contribution in [0.15, 0.2) is 6.07 Å². The molecule has 0 spiro atoms. The van der Waals surface area contributed by atoms with Gasteiger partial charge in [-0.1, -0.05) is 6.92 Å². The summed E-state index contributed by atoms with van der Waals surface area (Å²) in [7, 11) is 0. The van der Waals surface area contributed by atoms with Crippen LogP contribution in [0.25, 0.3) is 0 Å². The largest absolute Gasteiger partial charge is 0.395 e. The second-order valence-electron chi connectivity index (χ2n) is 5.86. The maximum atomic E-state index is 12.5. The first-order valence-corrected chi connectivity index (χ1v) is 8.04. The lowest BCUT2D eigenvalue weighted by molar-refractivity contribution is 0.0712. The molecule has 2 aliphatic rings. The first-order chi connectivity index (χ1) is 9.19. The molecule has 0 radical (unpaired) electrons. The van der Waals surface area contributed by atoms with Crippen molar-refractivity contribution in [1.29, 1.82) is 0 Å². The van der Waals surface area contributed by atoms with Crippen molar-refractivity contribution in [2.24, 2.45) is 5.92 Å². The summed E-state index contributed by atoms with van der Waals surface area (Å²) in [6, 6.07) is 2.47. The Hall–Kier alpha value is -0.870. The highest BCUT2D eigenvalue weighted by atomic mass is 32.1. The average Bonchev–Trinajstić information content (AvgIpc) is 3.14. The molecule has 3 rings (SSSR count). The second kappa shape index (κ2) is 5.25. The van der Waals surface area contributed by atoms with Gasteiger partial charge in [-0.25, -0.2) is 0 Å². The van der Waals surface area contributed by atoms with Crippen molar-refractivity contribution in [3.05, 3.63) is 21.4 Å². The highest BCUT2D eigenvalue weighted by Gasteiger charge is 2.33. The summed E-state index contributed by atoms with van der Waals surface area (Å²) < 4.78 is 0. The van der Waals surface area contributed by atoms with Gasteiger partial charge in [0.15, 0.2) is 0 Å². The lowest BCUT2D eigenvalue weighted by atomic mass is 9.90. The lowest BCUT2D eigenvalue weighted by Gasteiger charge is -2.20. The van der Waals surface area contributed by atoms with E-state index < -0.39 is 0 Å². The van der Waals surface area contributed by atoms with Crippen molar-refractivity contribution < 1.29 is 9.90 Å². The summed E-state index contributed by atoms with van der Waals surface area (Å²) in [5.74, 6) is 0.866. The zero-order valence-electron chi connectivity index (χ0n) is 11.4. The first-order valence-electron chi connectivity index (χ1n) is 7.22. The fourth-order valence-electron chi connectivity index (χ4n) is 2.90. The summed E-state index contributed by atoms with van der Waals surface area (Å²) in [6.07, 6.45) is 5.66. The molecule has 19 heavy (non-hydrogen) atoms. The fourth-order valence-corrected chi connectivity index (χ4v) is 4.06. The van der Waals surface area contributed by atoms with E-state index in [2.05, 4.69) is 13.0 Å². The molecule has 104 valence electrons. The van der Waals surface area contributed by atoms with E-state index in [0.29, 0.717) is 12.6 Å². The van der Waals surface area contributed by atoms with Crippen LogP contribution in [-0.2, 0) is 12.8 Å². The van der Waals surface area contributed by atoms with Gasteiger partial charge in [-0.15, -0.1) is 11.3 Å². The number of nitrogens with zero attached hydrogens (tertiary/aromatic N) is 1. The Morgan fingerprint density at radius 3 is 2.95 bits per heavy atom. The van der Waals surface area contributed by atoms with Crippen LogP contribution in [0.2, 0.25) is 0 Å². The second-order valence-corrected chi connectivity index (χ2v) is 7.00. The monoisotopic (exact) mass is 279 g/mol. The molecular formula is C15H21NO2S. The van der Waals surface area contributed by atoms with Gasteiger partial charge in [0, 0.05) is 17.5 Å². The molecule has 3 nitrogen and oxygen atoms in total. The van der Waals surface area contributed by atoms with Crippen LogP contribution >= 0.6 is 11.3 Å². The number of fused-ring (bicyclic) bond motifs is 1. The normalized spacial score (nSPS) is 22.1. The predicted octanol–water partition coefficient (Wildman–Crippen LogP) is 2.47. The third kappa shape index (κ3) is 2.70. The minimum Gasteiger partial charge on any atom is -0.395 e. The molecule has 2 aliphatic carbocycles. The van der Waals surface area contributed by atoms with Gasteiger partial charge in [0.05, 0.1) is 11.5 Å². The van der Waals surface area contributed by atoms with Crippen molar-refractivity contribution in [2.45, 2.75) is 45.1 Å². The summed E-state index contributed by atoms with van der Waals surface area (Å²) >= 11 is 1.67. The highest BCUT2D eigenvalue weighted by molar-refractivity contribution is 7.14. The highest BCUT2D eigenvalue weighted by Crippen LogP contribution is 2.34. The van der Waals surface area contributed by atoms with E-state index >= 15 is 0 Å². The molecule has 1 atom stereocenters. The fraction of sp³-hybridized carbons (Fsp3) is 0.667. The minimum absolute atomic E-state index is 0.0599. The van der Waals surface area contributed by atoms with Crippen LogP contribution in [-0.4, -0.2) is 35.1 Å². The molecule has 1 saturated carbocycles. The van der Waals surface area contributed by atoms with Crippen LogP contribution < -0.4 is 0 Å². The van der Waals surface area contributed by atoms with Crippen molar-refractivity contribution in [2.75, 3.05) is 13.2 Å². The SMILES string of the molecule is CC1CCc2sc(C(=O)N(CCO)C3CC3)cc2C1. The number of amides is 1. The zero-order chi connectivity index (χ0) is 13.4. The van der Waals surface area contributed by atoms with Gasteiger partial charge >= 0.3 is 0 Å². The van der Waals surface area contributed by atoms with Gasteiger partial charge in [-0.05, 0) is 49.7 Å². The van der Waals surface area contributed by atoms with Crippen LogP contribution in [0.1, 0.15) is 46.3 Å². The van der Waals surface area contributed by atoms with Gasteiger partial charge in [0.25, 0.3) is 5.91 Å². The van der Waals surface area contributed by atoms with E-state index in [4.69, 9.17) is 5.11 Å². The van der Waals surface area contributed by atoms with E-state index in [1.54, 1.807) is 11.3 Å². The molecule has 1 aromatic rings. The van der Waals surface area contributed by atoms with E-state index in [1.165, 1.54) is 16.9 Å². The first kappa shape index (κ1) is 13.1. The molecule has 0 bridgehead atoms. The van der Waals surface area contributed by atoms with Gasteiger partial charge in [0.1, 0.15) is 0 Å². The Morgan fingerprint density at radius 1 is 1.47 bits per heavy atom. The Labute approximate surface area is 118 Å². The van der Waals surface area contributed by atoms with E-state index in [-0.39, 0.29) is 12.5 Å². The molecule has 1 unspecified atom stereocenters. The van der Waals surface area contributed by atoms with Crippen molar-refractivity contribution in [3.8, 4) is 0 Å². The molecule has 4 heteroatoms. The summed E-state index contributed by atoms with van der Waals surface area (Å²) in [5.41, 5.74) is 1.38. The number of aliphatic hydroxyl groups is 1. The van der Waals surface area contributed by atoms with Crippen molar-refractivity contribution in [3.63, 3.8) is 0 Å². The minimum atomic E-state index is 0.0599. The molecule has 1 heterocycles. The molecule has 1 N–H and O–H groups in total. The molecule has 1 fully saturated rings. The zero-order valence-corrected chi connectivity index (χ0v) is 12.2. The van der Waals surface area contributed by atoms with Gasteiger partial charge in [0.2, 0.25) is 0 Å². The number of hydrogen-bond donors (Lipinski definition) is 1. The molecule has 1 amide bonds. The quantitative estimate of drug-likeness (QED) is 0.920. The Balaban J connectivity index is 1.79. The smallest absolute Gasteiger partial charge is 0.264 e. The summed E-state index contributed by atoms with van der Waals surface area (Å²) in [6.45, 7) is 2.82. The van der Waals surface area contributed by atoms with Crippen LogP contribution in [0, 0.1) is 5.92 Å². The molecule has 1 aromatic heterocycles. The number of aryl methyl sites for hydroxylation is 1. The van der Waals surface area contributed by atoms with E-state index in [9.17, 15) is 4.79 Å². The number of aliphatic hydroxyl groups excluding tert-OH is 1. The van der Waals surface area contributed by atoms with Gasteiger partial charge in [-0.2, -0.15) is 0 Å². The third-order valence-electron chi connectivity index (χ3n) is 4.13. The molecule has 0 saturated heterocycles. The number of thiophene rings is 1. The van der Waals surface area contributed by atoms with Crippen LogP contribution in [0.4, 0.5) is 0 Å². The van der Waals surface area contributed by atoms with Crippen molar-refractivity contribution >= 4 is 17.2 Å². The molecule has 0 aliphatic heterocycles. The van der Waals surface area contributed by atoms with E-state index in [1.807, 2.05) is 4.90 Å². The maximum Gasteiger partial charge on any atom is 0.264 e. The Kier molecular flexibility index (Phi) is 3.63. The van der Waals surface area contributed by atoms with Crippen molar-refractivity contribution in [1.82, 2.24) is 4.90 Å². The standard InChI is InChI=1S/C15H21NO2S/c1-10-2-5-13-11(8-10)9-14(19-13)15(18)16(6-7-17)12-3-4-12/h9-10,12,17H,2-8H2,1H3. The lowest BCUT2D eigenvalue weighted by Crippen LogP contribution is -2.35. The van der Waals surface area contributed by atoms with Gasteiger partial charge < -0.3 is 10.0 Å². The predicted molar refractivity (Wildman–Crippen MR) is 76.7 cm³/mol. The number of carbonyl (C=O) groups is 1. The maximum absolute atomic E-state index is 12.5. The van der Waals surface area contributed by atoms with Crippen LogP contribution in [0.3, 0.4) is 0 Å². The third-order valence-corrected chi connectivity index (χ3v) is 5.35. The summed E-state index contributed by atoms with van der Waals surface area (Å²) in [4.78, 5) is 16.7. The molecular weight excluding hydrogens is 258 g/mol. The summed E-state index contributed by atoms with van der Waals surface area (Å²) in [5, 5.41) is 9.12. The Morgan fingerprint density at radius 2 is 2.26 bits per heavy atom. The molecule has 0 aromatic carbocycles. The number of carbonyl (C=O) groups excluding carboxylic acids is 1. The number of rotatable bonds is 4. The number of hydrogen-bond acceptors (Lipinski definition) is 3.